The normalized spacial score (nSPS) is 29.1. The maximum Gasteiger partial charge on any atom is 0.280 e. The molecule has 0 unspecified atom stereocenters. The van der Waals surface area contributed by atoms with E-state index in [4.69, 9.17) is 0 Å². The molecule has 0 radical (unpaired) electrons. The number of carbonyl (C=O) groups is 2. The molecule has 1 N–H and O–H groups in total. The van der Waals surface area contributed by atoms with Crippen molar-refractivity contribution in [2.24, 2.45) is 5.92 Å². The summed E-state index contributed by atoms with van der Waals surface area (Å²) in [6.07, 6.45) is 3.68. The number of hydrogen-bond acceptors (Lipinski definition) is 3. The zero-order valence-corrected chi connectivity index (χ0v) is 13.6. The molecular weight excluding hydrogens is 357 g/mol. The average Bonchev–Trinajstić information content (AvgIpc) is 2.39. The van der Waals surface area contributed by atoms with Gasteiger partial charge in [-0.05, 0) is 32.7 Å². The fourth-order valence-electron chi connectivity index (χ4n) is 2.93. The first-order valence-corrected chi connectivity index (χ1v) is 8.07. The Morgan fingerprint density at radius 3 is 2.16 bits per heavy atom. The maximum absolute atomic E-state index is 12.4. The highest BCUT2D eigenvalue weighted by atomic mass is 127. The zero-order valence-electron chi connectivity index (χ0n) is 11.4. The van der Waals surface area contributed by atoms with Crippen LogP contribution in [0.25, 0.3) is 0 Å². The predicted octanol–water partition coefficient (Wildman–Crippen LogP) is 1.46. The monoisotopic (exact) mass is 379 g/mol. The molecule has 5 nitrogen and oxygen atoms in total. The van der Waals surface area contributed by atoms with Crippen LogP contribution in [-0.2, 0) is 4.79 Å². The Bertz CT molecular complexity index is 335. The summed E-state index contributed by atoms with van der Waals surface area (Å²) in [5, 5.41) is 2.94. The lowest BCUT2D eigenvalue weighted by molar-refractivity contribution is -0.138. The molecule has 0 aromatic heterocycles. The standard InChI is InChI=1S/C13H22IN3O2/c1-16-6-8-17(9-7-16)12(18)10-2-4-11(5-3-10)15-13(14)19/h10-11H,2-9H2,1H3,(H,15,19). The molecule has 1 saturated heterocycles. The molecule has 0 aromatic carbocycles. The van der Waals surface area contributed by atoms with Crippen molar-refractivity contribution in [3.63, 3.8) is 0 Å². The first-order chi connectivity index (χ1) is 9.06. The third-order valence-corrected chi connectivity index (χ3v) is 4.52. The number of nitrogens with one attached hydrogen (secondary N) is 1. The van der Waals surface area contributed by atoms with Crippen LogP contribution in [0.4, 0.5) is 4.79 Å². The van der Waals surface area contributed by atoms with Crippen molar-refractivity contribution in [1.82, 2.24) is 15.1 Å². The van der Waals surface area contributed by atoms with E-state index in [-0.39, 0.29) is 15.9 Å². The van der Waals surface area contributed by atoms with Gasteiger partial charge >= 0.3 is 0 Å². The Morgan fingerprint density at radius 2 is 1.63 bits per heavy atom. The highest BCUT2D eigenvalue weighted by Gasteiger charge is 2.30. The lowest BCUT2D eigenvalue weighted by Gasteiger charge is -2.36. The van der Waals surface area contributed by atoms with Gasteiger partial charge in [-0.25, -0.2) is 0 Å². The molecule has 0 aromatic rings. The van der Waals surface area contributed by atoms with Crippen LogP contribution < -0.4 is 5.32 Å². The van der Waals surface area contributed by atoms with Gasteiger partial charge < -0.3 is 15.1 Å². The molecule has 1 heterocycles. The number of amides is 2. The second-order valence-electron chi connectivity index (χ2n) is 5.60. The van der Waals surface area contributed by atoms with Gasteiger partial charge in [0.2, 0.25) is 5.91 Å². The third kappa shape index (κ3) is 4.30. The number of piperazine rings is 1. The van der Waals surface area contributed by atoms with Crippen LogP contribution in [0.1, 0.15) is 25.7 Å². The summed E-state index contributed by atoms with van der Waals surface area (Å²) in [5.41, 5.74) is 0. The second-order valence-corrected chi connectivity index (χ2v) is 6.57. The highest BCUT2D eigenvalue weighted by Crippen LogP contribution is 2.26. The van der Waals surface area contributed by atoms with Crippen molar-refractivity contribution >= 4 is 32.4 Å². The van der Waals surface area contributed by atoms with Crippen LogP contribution in [0.2, 0.25) is 0 Å². The Kier molecular flexibility index (Phi) is 5.44. The van der Waals surface area contributed by atoms with Crippen molar-refractivity contribution in [3.8, 4) is 0 Å². The minimum absolute atomic E-state index is 0.00597. The molecular formula is C13H22IN3O2. The molecule has 19 heavy (non-hydrogen) atoms. The topological polar surface area (TPSA) is 52.6 Å². The number of likely N-dealkylation sites (N-methyl/N-ethyl adjacent to an activating group) is 1. The fourth-order valence-corrected chi connectivity index (χ4v) is 3.37. The lowest BCUT2D eigenvalue weighted by atomic mass is 9.85. The van der Waals surface area contributed by atoms with Gasteiger partial charge in [0.15, 0.2) is 0 Å². The molecule has 2 fully saturated rings. The molecule has 0 atom stereocenters. The van der Waals surface area contributed by atoms with Gasteiger partial charge in [-0.15, -0.1) is 0 Å². The summed E-state index contributed by atoms with van der Waals surface area (Å²) in [4.78, 5) is 27.7. The van der Waals surface area contributed by atoms with Crippen molar-refractivity contribution in [1.29, 1.82) is 0 Å². The number of rotatable bonds is 2. The number of carbonyl (C=O) groups excluding carboxylic acids is 2. The summed E-state index contributed by atoms with van der Waals surface area (Å²) < 4.78 is 0.00597. The minimum Gasteiger partial charge on any atom is -0.345 e. The summed E-state index contributed by atoms with van der Waals surface area (Å²) >= 11 is 1.77. The summed E-state index contributed by atoms with van der Waals surface area (Å²) in [6, 6.07) is 0.265. The summed E-state index contributed by atoms with van der Waals surface area (Å²) in [7, 11) is 2.10. The number of halogens is 1. The van der Waals surface area contributed by atoms with E-state index in [1.807, 2.05) is 4.90 Å². The Labute approximate surface area is 128 Å². The molecule has 2 rings (SSSR count). The van der Waals surface area contributed by atoms with E-state index in [1.165, 1.54) is 0 Å². The fraction of sp³-hybridized carbons (Fsp3) is 0.846. The van der Waals surface area contributed by atoms with E-state index in [0.717, 1.165) is 51.9 Å². The molecule has 108 valence electrons. The Balaban J connectivity index is 1.77. The quantitative estimate of drug-likeness (QED) is 0.449. The van der Waals surface area contributed by atoms with E-state index >= 15 is 0 Å². The predicted molar refractivity (Wildman–Crippen MR) is 82.4 cm³/mol. The van der Waals surface area contributed by atoms with Crippen molar-refractivity contribution in [3.05, 3.63) is 0 Å². The van der Waals surface area contributed by atoms with Crippen LogP contribution in [0.3, 0.4) is 0 Å². The molecule has 1 aliphatic carbocycles. The van der Waals surface area contributed by atoms with Crippen molar-refractivity contribution in [2.75, 3.05) is 33.2 Å². The first kappa shape index (κ1) is 15.0. The molecule has 2 amide bonds. The van der Waals surface area contributed by atoms with Crippen LogP contribution in [0, 0.1) is 5.92 Å². The molecule has 0 bridgehead atoms. The van der Waals surface area contributed by atoms with Gasteiger partial charge in [0.25, 0.3) is 3.91 Å². The first-order valence-electron chi connectivity index (χ1n) is 6.99. The SMILES string of the molecule is CN1CCN(C(=O)C2CCC(NC(=O)I)CC2)CC1. The molecule has 2 aliphatic rings. The van der Waals surface area contributed by atoms with E-state index in [9.17, 15) is 9.59 Å². The second kappa shape index (κ2) is 6.88. The summed E-state index contributed by atoms with van der Waals surface area (Å²) in [6.45, 7) is 3.68. The van der Waals surface area contributed by atoms with Gasteiger partial charge in [0, 0.05) is 60.7 Å². The molecule has 1 saturated carbocycles. The number of hydrogen-bond donors (Lipinski definition) is 1. The van der Waals surface area contributed by atoms with Gasteiger partial charge in [0.05, 0.1) is 0 Å². The van der Waals surface area contributed by atoms with E-state index in [0.29, 0.717) is 5.91 Å². The van der Waals surface area contributed by atoms with Crippen molar-refractivity contribution in [2.45, 2.75) is 31.7 Å². The number of nitrogens with zero attached hydrogens (tertiary/aromatic N) is 2. The zero-order chi connectivity index (χ0) is 13.8. The van der Waals surface area contributed by atoms with Gasteiger partial charge in [-0.1, -0.05) is 0 Å². The molecule has 6 heteroatoms. The highest BCUT2D eigenvalue weighted by molar-refractivity contribution is 14.1. The van der Waals surface area contributed by atoms with Gasteiger partial charge in [0.1, 0.15) is 0 Å². The van der Waals surface area contributed by atoms with Crippen molar-refractivity contribution < 1.29 is 9.59 Å². The largest absolute Gasteiger partial charge is 0.345 e. The molecule has 0 spiro atoms. The van der Waals surface area contributed by atoms with E-state index in [1.54, 1.807) is 22.6 Å². The van der Waals surface area contributed by atoms with Gasteiger partial charge in [-0.2, -0.15) is 0 Å². The smallest absolute Gasteiger partial charge is 0.280 e. The van der Waals surface area contributed by atoms with Gasteiger partial charge in [-0.3, -0.25) is 9.59 Å². The Hall–Kier alpha value is -0.370. The average molecular weight is 379 g/mol. The summed E-state index contributed by atoms with van der Waals surface area (Å²) in [5.74, 6) is 0.498. The van der Waals surface area contributed by atoms with Crippen LogP contribution in [-0.4, -0.2) is 58.9 Å². The Morgan fingerprint density at radius 1 is 1.05 bits per heavy atom. The van der Waals surface area contributed by atoms with E-state index in [2.05, 4.69) is 17.3 Å². The lowest BCUT2D eigenvalue weighted by Crippen LogP contribution is -2.50. The van der Waals surface area contributed by atoms with E-state index < -0.39 is 0 Å². The molecule has 1 aliphatic heterocycles. The third-order valence-electron chi connectivity index (χ3n) is 4.21. The van der Waals surface area contributed by atoms with Crippen LogP contribution in [0.5, 0.6) is 0 Å². The maximum atomic E-state index is 12.4. The van der Waals surface area contributed by atoms with Crippen LogP contribution >= 0.6 is 22.6 Å². The van der Waals surface area contributed by atoms with Crippen LogP contribution in [0.15, 0.2) is 0 Å². The minimum atomic E-state index is 0.00597.